The molecule has 0 bridgehead atoms. The van der Waals surface area contributed by atoms with Crippen molar-refractivity contribution in [2.75, 3.05) is 11.9 Å². The molecule has 154 valence electrons. The van der Waals surface area contributed by atoms with Crippen LogP contribution < -0.4 is 20.7 Å². The van der Waals surface area contributed by atoms with Gasteiger partial charge >= 0.3 is 6.03 Å². The van der Waals surface area contributed by atoms with E-state index in [1.54, 1.807) is 18.2 Å². The van der Waals surface area contributed by atoms with Crippen molar-refractivity contribution in [2.24, 2.45) is 0 Å². The summed E-state index contributed by atoms with van der Waals surface area (Å²) in [7, 11) is 0. The van der Waals surface area contributed by atoms with Crippen molar-refractivity contribution in [3.05, 3.63) is 63.1 Å². The summed E-state index contributed by atoms with van der Waals surface area (Å²) < 4.78 is 6.30. The summed E-state index contributed by atoms with van der Waals surface area (Å²) in [5.74, 6) is -1.70. The molecule has 3 rings (SSSR count). The second-order valence-corrected chi connectivity index (χ2v) is 7.55. The molecule has 0 radical (unpaired) electrons. The van der Waals surface area contributed by atoms with Gasteiger partial charge in [-0.2, -0.15) is 0 Å². The molecule has 1 saturated heterocycles. The number of anilines is 1. The molecule has 9 heteroatoms. The van der Waals surface area contributed by atoms with E-state index in [1.165, 1.54) is 6.08 Å². The summed E-state index contributed by atoms with van der Waals surface area (Å²) in [6.45, 7) is 3.54. The largest absolute Gasteiger partial charge is 0.483 e. The highest BCUT2D eigenvalue weighted by atomic mass is 79.9. The highest BCUT2D eigenvalue weighted by Crippen LogP contribution is 2.26. The van der Waals surface area contributed by atoms with Gasteiger partial charge in [0.2, 0.25) is 0 Å². The summed E-state index contributed by atoms with van der Waals surface area (Å²) in [5.41, 5.74) is 2.77. The number of benzene rings is 2. The average Bonchev–Trinajstić information content (AvgIpc) is 2.67. The van der Waals surface area contributed by atoms with Crippen molar-refractivity contribution in [1.82, 2.24) is 10.6 Å². The van der Waals surface area contributed by atoms with Crippen LogP contribution in [0.1, 0.15) is 16.7 Å². The standard InChI is InChI=1S/C21H18BrN3O5/c1-11-3-4-12(2)16(7-11)23-18(26)10-30-17-6-5-14(22)8-13(17)9-15-19(27)24-21(29)25-20(15)28/h3-9H,10H2,1-2H3,(H,23,26)(H2,24,25,27,28,29). The lowest BCUT2D eigenvalue weighted by Crippen LogP contribution is -2.51. The van der Waals surface area contributed by atoms with E-state index >= 15 is 0 Å². The minimum absolute atomic E-state index is 0.252. The zero-order chi connectivity index (χ0) is 21.8. The minimum atomic E-state index is -0.879. The lowest BCUT2D eigenvalue weighted by Gasteiger charge is -2.15. The van der Waals surface area contributed by atoms with E-state index in [0.29, 0.717) is 21.5 Å². The van der Waals surface area contributed by atoms with E-state index in [1.807, 2.05) is 42.7 Å². The van der Waals surface area contributed by atoms with Gasteiger partial charge in [0, 0.05) is 15.7 Å². The third-order valence-electron chi connectivity index (χ3n) is 4.24. The molecule has 0 spiro atoms. The van der Waals surface area contributed by atoms with Crippen LogP contribution in [0.4, 0.5) is 10.5 Å². The first-order valence-corrected chi connectivity index (χ1v) is 9.70. The van der Waals surface area contributed by atoms with Gasteiger partial charge in [0.15, 0.2) is 6.61 Å². The van der Waals surface area contributed by atoms with E-state index in [2.05, 4.69) is 21.2 Å². The second-order valence-electron chi connectivity index (χ2n) is 6.63. The van der Waals surface area contributed by atoms with E-state index in [-0.39, 0.29) is 18.1 Å². The number of halogens is 1. The van der Waals surface area contributed by atoms with Crippen LogP contribution in [-0.4, -0.2) is 30.4 Å². The Morgan fingerprint density at radius 3 is 2.47 bits per heavy atom. The number of aryl methyl sites for hydroxylation is 2. The quantitative estimate of drug-likeness (QED) is 0.458. The molecule has 5 amide bonds. The van der Waals surface area contributed by atoms with Crippen LogP contribution >= 0.6 is 15.9 Å². The molecular formula is C21H18BrN3O5. The summed E-state index contributed by atoms with van der Waals surface area (Å²) >= 11 is 3.32. The molecule has 2 aromatic rings. The van der Waals surface area contributed by atoms with Gasteiger partial charge in [0.1, 0.15) is 11.3 Å². The highest BCUT2D eigenvalue weighted by Gasteiger charge is 2.28. The Morgan fingerprint density at radius 2 is 1.77 bits per heavy atom. The molecule has 1 aliphatic heterocycles. The molecule has 0 unspecified atom stereocenters. The van der Waals surface area contributed by atoms with Crippen molar-refractivity contribution in [2.45, 2.75) is 13.8 Å². The molecule has 8 nitrogen and oxygen atoms in total. The van der Waals surface area contributed by atoms with Crippen molar-refractivity contribution in [3.8, 4) is 5.75 Å². The molecule has 2 aromatic carbocycles. The van der Waals surface area contributed by atoms with E-state index in [4.69, 9.17) is 4.74 Å². The molecule has 0 aliphatic carbocycles. The smallest absolute Gasteiger partial charge is 0.328 e. The van der Waals surface area contributed by atoms with Gasteiger partial charge in [-0.05, 0) is 55.3 Å². The lowest BCUT2D eigenvalue weighted by molar-refractivity contribution is -0.124. The number of imide groups is 2. The normalized spacial score (nSPS) is 13.4. The Balaban J connectivity index is 1.77. The van der Waals surface area contributed by atoms with Crippen molar-refractivity contribution >= 4 is 51.4 Å². The maximum atomic E-state index is 12.3. The van der Waals surface area contributed by atoms with Crippen LogP contribution in [-0.2, 0) is 14.4 Å². The second kappa shape index (κ2) is 8.91. The Bertz CT molecular complexity index is 1070. The fourth-order valence-corrected chi connectivity index (χ4v) is 3.10. The van der Waals surface area contributed by atoms with Gasteiger partial charge < -0.3 is 10.1 Å². The number of carbonyl (C=O) groups is 4. The third kappa shape index (κ3) is 5.12. The summed E-state index contributed by atoms with van der Waals surface area (Å²) in [4.78, 5) is 47.5. The predicted octanol–water partition coefficient (Wildman–Crippen LogP) is 2.83. The molecule has 30 heavy (non-hydrogen) atoms. The number of urea groups is 1. The molecule has 1 heterocycles. The molecule has 0 atom stereocenters. The zero-order valence-corrected chi connectivity index (χ0v) is 17.8. The van der Waals surface area contributed by atoms with Gasteiger partial charge in [-0.25, -0.2) is 4.79 Å². The minimum Gasteiger partial charge on any atom is -0.483 e. The number of ether oxygens (including phenoxy) is 1. The van der Waals surface area contributed by atoms with Gasteiger partial charge in [0.05, 0.1) is 0 Å². The van der Waals surface area contributed by atoms with Crippen molar-refractivity contribution in [3.63, 3.8) is 0 Å². The first-order valence-electron chi connectivity index (χ1n) is 8.91. The number of barbiturate groups is 1. The number of hydrogen-bond acceptors (Lipinski definition) is 5. The Labute approximate surface area is 180 Å². The van der Waals surface area contributed by atoms with Crippen LogP contribution in [0.2, 0.25) is 0 Å². The summed E-state index contributed by atoms with van der Waals surface area (Å²) in [5, 5.41) is 6.81. The number of amides is 5. The van der Waals surface area contributed by atoms with Gasteiger partial charge in [-0.15, -0.1) is 0 Å². The van der Waals surface area contributed by atoms with Crippen LogP contribution in [0, 0.1) is 13.8 Å². The molecule has 3 N–H and O–H groups in total. The number of hydrogen-bond donors (Lipinski definition) is 3. The van der Waals surface area contributed by atoms with Crippen LogP contribution in [0.3, 0.4) is 0 Å². The monoisotopic (exact) mass is 471 g/mol. The summed E-state index contributed by atoms with van der Waals surface area (Å²) in [6.07, 6.45) is 1.29. The number of carbonyl (C=O) groups excluding carboxylic acids is 4. The SMILES string of the molecule is Cc1ccc(C)c(NC(=O)COc2ccc(Br)cc2C=C2C(=O)NC(=O)NC2=O)c1. The Hall–Kier alpha value is -3.46. The summed E-state index contributed by atoms with van der Waals surface area (Å²) in [6, 6.07) is 9.78. The third-order valence-corrected chi connectivity index (χ3v) is 4.73. The van der Waals surface area contributed by atoms with Crippen LogP contribution in [0.5, 0.6) is 5.75 Å². The Morgan fingerprint density at radius 1 is 1.07 bits per heavy atom. The molecule has 1 fully saturated rings. The first-order chi connectivity index (χ1) is 14.2. The molecule has 0 saturated carbocycles. The van der Waals surface area contributed by atoms with E-state index in [9.17, 15) is 19.2 Å². The Kier molecular flexibility index (Phi) is 6.31. The maximum absolute atomic E-state index is 12.3. The molecule has 0 aromatic heterocycles. The fraction of sp³-hybridized carbons (Fsp3) is 0.143. The van der Waals surface area contributed by atoms with Crippen molar-refractivity contribution in [1.29, 1.82) is 0 Å². The van der Waals surface area contributed by atoms with Gasteiger partial charge in [-0.1, -0.05) is 28.1 Å². The van der Waals surface area contributed by atoms with E-state index in [0.717, 1.165) is 11.1 Å². The first kappa shape index (κ1) is 21.3. The molecule has 1 aliphatic rings. The number of rotatable bonds is 5. The van der Waals surface area contributed by atoms with Gasteiger partial charge in [0.25, 0.3) is 17.7 Å². The fourth-order valence-electron chi connectivity index (χ4n) is 2.73. The lowest BCUT2D eigenvalue weighted by atomic mass is 10.1. The highest BCUT2D eigenvalue weighted by molar-refractivity contribution is 9.10. The average molecular weight is 472 g/mol. The van der Waals surface area contributed by atoms with Crippen molar-refractivity contribution < 1.29 is 23.9 Å². The molecular weight excluding hydrogens is 454 g/mol. The van der Waals surface area contributed by atoms with E-state index < -0.39 is 17.8 Å². The predicted molar refractivity (Wildman–Crippen MR) is 114 cm³/mol. The maximum Gasteiger partial charge on any atom is 0.328 e. The van der Waals surface area contributed by atoms with Crippen LogP contribution in [0.25, 0.3) is 6.08 Å². The van der Waals surface area contributed by atoms with Gasteiger partial charge in [-0.3, -0.25) is 25.0 Å². The number of nitrogens with one attached hydrogen (secondary N) is 3. The van der Waals surface area contributed by atoms with Crippen LogP contribution in [0.15, 0.2) is 46.4 Å². The zero-order valence-electron chi connectivity index (χ0n) is 16.2. The topological polar surface area (TPSA) is 114 Å².